The van der Waals surface area contributed by atoms with Crippen LogP contribution in [0.1, 0.15) is 6.42 Å². The minimum atomic E-state index is 0.657. The molecular formula is C16H21N3O3. The predicted octanol–water partition coefficient (Wildman–Crippen LogP) is 1.74. The van der Waals surface area contributed by atoms with Crippen LogP contribution in [-0.4, -0.2) is 61.4 Å². The zero-order valence-electron chi connectivity index (χ0n) is 12.8. The number of rotatable bonds is 6. The van der Waals surface area contributed by atoms with Gasteiger partial charge < -0.3 is 14.2 Å². The van der Waals surface area contributed by atoms with E-state index in [1.165, 1.54) is 6.33 Å². The maximum atomic E-state index is 5.88. The quantitative estimate of drug-likeness (QED) is 0.758. The van der Waals surface area contributed by atoms with E-state index in [1.54, 1.807) is 13.3 Å². The number of benzene rings is 1. The van der Waals surface area contributed by atoms with Gasteiger partial charge in [0.2, 0.25) is 0 Å². The van der Waals surface area contributed by atoms with Crippen LogP contribution in [0, 0.1) is 0 Å². The number of morpholine rings is 1. The highest BCUT2D eigenvalue weighted by atomic mass is 16.5. The summed E-state index contributed by atoms with van der Waals surface area (Å²) in [4.78, 5) is 10.7. The lowest BCUT2D eigenvalue weighted by molar-refractivity contribution is 0.0357. The average molecular weight is 303 g/mol. The fraction of sp³-hybridized carbons (Fsp3) is 0.500. The van der Waals surface area contributed by atoms with Gasteiger partial charge in [0.05, 0.1) is 32.4 Å². The summed E-state index contributed by atoms with van der Waals surface area (Å²) in [6.45, 7) is 5.37. The van der Waals surface area contributed by atoms with Gasteiger partial charge in [0.1, 0.15) is 6.33 Å². The topological polar surface area (TPSA) is 56.7 Å². The Bertz CT molecular complexity index is 615. The molecule has 22 heavy (non-hydrogen) atoms. The highest BCUT2D eigenvalue weighted by Gasteiger charge is 2.11. The zero-order chi connectivity index (χ0) is 15.2. The van der Waals surface area contributed by atoms with Crippen molar-refractivity contribution in [3.05, 3.63) is 24.7 Å². The fourth-order valence-electron chi connectivity index (χ4n) is 2.56. The second-order valence-electron chi connectivity index (χ2n) is 5.24. The first-order valence-electron chi connectivity index (χ1n) is 7.57. The van der Waals surface area contributed by atoms with Crippen LogP contribution in [0.2, 0.25) is 0 Å². The molecule has 0 bridgehead atoms. The van der Waals surface area contributed by atoms with Gasteiger partial charge in [0.25, 0.3) is 0 Å². The number of ether oxygens (including phenoxy) is 3. The second kappa shape index (κ2) is 7.38. The lowest BCUT2D eigenvalue weighted by Crippen LogP contribution is -2.37. The minimum absolute atomic E-state index is 0.657. The van der Waals surface area contributed by atoms with E-state index in [1.807, 2.05) is 12.1 Å². The van der Waals surface area contributed by atoms with E-state index >= 15 is 0 Å². The van der Waals surface area contributed by atoms with Crippen molar-refractivity contribution >= 4 is 10.9 Å². The first kappa shape index (κ1) is 15.0. The van der Waals surface area contributed by atoms with Crippen LogP contribution in [0.15, 0.2) is 24.7 Å². The molecule has 0 radical (unpaired) electrons. The first-order chi connectivity index (χ1) is 10.9. The number of hydrogen-bond acceptors (Lipinski definition) is 6. The van der Waals surface area contributed by atoms with Crippen molar-refractivity contribution in [2.75, 3.05) is 46.6 Å². The molecule has 0 spiro atoms. The number of aromatic nitrogens is 2. The molecule has 2 aromatic rings. The maximum Gasteiger partial charge on any atom is 0.163 e. The van der Waals surface area contributed by atoms with Gasteiger partial charge in [-0.3, -0.25) is 4.90 Å². The lowest BCUT2D eigenvalue weighted by Gasteiger charge is -2.26. The molecule has 0 unspecified atom stereocenters. The van der Waals surface area contributed by atoms with E-state index in [2.05, 4.69) is 14.9 Å². The highest BCUT2D eigenvalue weighted by Crippen LogP contribution is 2.31. The Kier molecular flexibility index (Phi) is 5.03. The molecule has 1 fully saturated rings. The van der Waals surface area contributed by atoms with E-state index < -0.39 is 0 Å². The van der Waals surface area contributed by atoms with E-state index in [4.69, 9.17) is 14.2 Å². The standard InChI is InChI=1S/C16H21N3O3/c1-20-15-9-13-11-17-12-18-14(13)10-16(15)22-6-2-3-19-4-7-21-8-5-19/h9-12H,2-8H2,1H3. The molecule has 0 amide bonds. The molecule has 1 aliphatic rings. The van der Waals surface area contributed by atoms with Crippen LogP contribution in [0.4, 0.5) is 0 Å². The van der Waals surface area contributed by atoms with E-state index in [9.17, 15) is 0 Å². The predicted molar refractivity (Wildman–Crippen MR) is 83.5 cm³/mol. The molecule has 1 aromatic heterocycles. The number of hydrogen-bond donors (Lipinski definition) is 0. The van der Waals surface area contributed by atoms with Crippen molar-refractivity contribution in [1.29, 1.82) is 0 Å². The minimum Gasteiger partial charge on any atom is -0.493 e. The van der Waals surface area contributed by atoms with Gasteiger partial charge >= 0.3 is 0 Å². The van der Waals surface area contributed by atoms with Crippen LogP contribution < -0.4 is 9.47 Å². The smallest absolute Gasteiger partial charge is 0.163 e. The molecule has 6 heteroatoms. The Morgan fingerprint density at radius 1 is 1.23 bits per heavy atom. The third kappa shape index (κ3) is 3.64. The van der Waals surface area contributed by atoms with Crippen LogP contribution in [0.5, 0.6) is 11.5 Å². The third-order valence-corrected chi connectivity index (χ3v) is 3.77. The zero-order valence-corrected chi connectivity index (χ0v) is 12.8. The van der Waals surface area contributed by atoms with Gasteiger partial charge in [-0.05, 0) is 12.5 Å². The van der Waals surface area contributed by atoms with Crippen molar-refractivity contribution in [2.24, 2.45) is 0 Å². The van der Waals surface area contributed by atoms with Crippen LogP contribution >= 0.6 is 0 Å². The van der Waals surface area contributed by atoms with Crippen LogP contribution in [0.3, 0.4) is 0 Å². The van der Waals surface area contributed by atoms with E-state index in [0.29, 0.717) is 12.4 Å². The molecule has 1 aromatic carbocycles. The third-order valence-electron chi connectivity index (χ3n) is 3.77. The van der Waals surface area contributed by atoms with Crippen LogP contribution in [0.25, 0.3) is 10.9 Å². The van der Waals surface area contributed by atoms with E-state index in [0.717, 1.165) is 55.9 Å². The van der Waals surface area contributed by atoms with Crippen molar-refractivity contribution in [1.82, 2.24) is 14.9 Å². The molecule has 118 valence electrons. The highest BCUT2D eigenvalue weighted by molar-refractivity contribution is 5.81. The maximum absolute atomic E-state index is 5.88. The summed E-state index contributed by atoms with van der Waals surface area (Å²) in [6, 6.07) is 3.82. The SMILES string of the molecule is COc1cc2cncnc2cc1OCCCN1CCOCC1. The lowest BCUT2D eigenvalue weighted by atomic mass is 10.2. The number of fused-ring (bicyclic) bond motifs is 1. The van der Waals surface area contributed by atoms with Gasteiger partial charge in [0.15, 0.2) is 11.5 Å². The Balaban J connectivity index is 1.58. The molecule has 0 atom stereocenters. The second-order valence-corrected chi connectivity index (χ2v) is 5.24. The largest absolute Gasteiger partial charge is 0.493 e. The molecule has 1 saturated heterocycles. The van der Waals surface area contributed by atoms with E-state index in [-0.39, 0.29) is 0 Å². The van der Waals surface area contributed by atoms with Gasteiger partial charge in [-0.1, -0.05) is 0 Å². The molecule has 2 heterocycles. The summed E-state index contributed by atoms with van der Waals surface area (Å²) in [5, 5.41) is 0.944. The Morgan fingerprint density at radius 3 is 2.91 bits per heavy atom. The number of nitrogens with zero attached hydrogens (tertiary/aromatic N) is 3. The summed E-state index contributed by atoms with van der Waals surface area (Å²) in [7, 11) is 1.64. The average Bonchev–Trinajstić information content (AvgIpc) is 2.59. The van der Waals surface area contributed by atoms with Gasteiger partial charge in [-0.25, -0.2) is 9.97 Å². The normalized spacial score (nSPS) is 15.9. The Hall–Kier alpha value is -1.92. The van der Waals surface area contributed by atoms with Gasteiger partial charge in [-0.15, -0.1) is 0 Å². The summed E-state index contributed by atoms with van der Waals surface area (Å²) in [6.07, 6.45) is 4.29. The summed E-state index contributed by atoms with van der Waals surface area (Å²) in [5.41, 5.74) is 0.860. The molecule has 0 saturated carbocycles. The first-order valence-corrected chi connectivity index (χ1v) is 7.57. The Morgan fingerprint density at radius 2 is 2.09 bits per heavy atom. The molecule has 6 nitrogen and oxygen atoms in total. The van der Waals surface area contributed by atoms with Crippen LogP contribution in [-0.2, 0) is 4.74 Å². The molecule has 1 aliphatic heterocycles. The summed E-state index contributed by atoms with van der Waals surface area (Å²) < 4.78 is 16.6. The molecule has 0 N–H and O–H groups in total. The number of methoxy groups -OCH3 is 1. The molecule has 0 aliphatic carbocycles. The van der Waals surface area contributed by atoms with Crippen molar-refractivity contribution in [3.8, 4) is 11.5 Å². The van der Waals surface area contributed by atoms with Gasteiger partial charge in [-0.2, -0.15) is 0 Å². The fourth-order valence-corrected chi connectivity index (χ4v) is 2.56. The summed E-state index contributed by atoms with van der Waals surface area (Å²) in [5.74, 6) is 1.45. The Labute approximate surface area is 130 Å². The summed E-state index contributed by atoms with van der Waals surface area (Å²) >= 11 is 0. The van der Waals surface area contributed by atoms with Gasteiger partial charge in [0, 0.05) is 37.3 Å². The molecule has 3 rings (SSSR count). The van der Waals surface area contributed by atoms with Crippen molar-refractivity contribution in [3.63, 3.8) is 0 Å². The van der Waals surface area contributed by atoms with Crippen molar-refractivity contribution in [2.45, 2.75) is 6.42 Å². The molecular weight excluding hydrogens is 282 g/mol. The monoisotopic (exact) mass is 303 g/mol. The van der Waals surface area contributed by atoms with Crippen molar-refractivity contribution < 1.29 is 14.2 Å².